The van der Waals surface area contributed by atoms with Gasteiger partial charge < -0.3 is 14.7 Å². The zero-order chi connectivity index (χ0) is 23.2. The minimum Gasteiger partial charge on any atom is -0.447 e. The molecule has 6 nitrogen and oxygen atoms in total. The van der Waals surface area contributed by atoms with Gasteiger partial charge in [0.05, 0.1) is 6.54 Å². The molecule has 1 amide bonds. The van der Waals surface area contributed by atoms with Crippen molar-refractivity contribution >= 4 is 16.8 Å². The number of benzene rings is 2. The standard InChI is InChI=1S/C26H29FN4O2/c1-3-18(2)29-26(32)24-17-33-25(30-24)16-31(15-19-7-6-8-21(27)13-19)12-11-20-14-28-23-10-5-4-9-22(20)23/h4-10,13-14,17-18,28H,3,11-12,15-16H2,1-2H3,(H,29,32)/t18-/m0/s1. The fourth-order valence-electron chi connectivity index (χ4n) is 3.80. The van der Waals surface area contributed by atoms with E-state index in [2.05, 4.69) is 32.3 Å². The maximum Gasteiger partial charge on any atom is 0.273 e. The summed E-state index contributed by atoms with van der Waals surface area (Å²) in [4.78, 5) is 22.2. The Kier molecular flexibility index (Phi) is 7.19. The van der Waals surface area contributed by atoms with Gasteiger partial charge in [0.1, 0.15) is 12.1 Å². The van der Waals surface area contributed by atoms with Gasteiger partial charge in [0.25, 0.3) is 5.91 Å². The summed E-state index contributed by atoms with van der Waals surface area (Å²) in [5, 5.41) is 4.10. The Bertz CT molecular complexity index is 1220. The van der Waals surface area contributed by atoms with Crippen LogP contribution in [-0.4, -0.2) is 33.4 Å². The monoisotopic (exact) mass is 448 g/mol. The van der Waals surface area contributed by atoms with Crippen molar-refractivity contribution in [2.24, 2.45) is 0 Å². The third-order valence-corrected chi connectivity index (χ3v) is 5.80. The molecular weight excluding hydrogens is 419 g/mol. The summed E-state index contributed by atoms with van der Waals surface area (Å²) < 4.78 is 19.4. The van der Waals surface area contributed by atoms with Gasteiger partial charge in [-0.3, -0.25) is 9.69 Å². The zero-order valence-corrected chi connectivity index (χ0v) is 19.0. The number of nitrogens with zero attached hydrogens (tertiary/aromatic N) is 2. The molecule has 1 atom stereocenters. The van der Waals surface area contributed by atoms with Gasteiger partial charge in [-0.15, -0.1) is 0 Å². The molecule has 33 heavy (non-hydrogen) atoms. The third kappa shape index (κ3) is 5.87. The lowest BCUT2D eigenvalue weighted by Gasteiger charge is -2.21. The lowest BCUT2D eigenvalue weighted by atomic mass is 10.1. The number of amides is 1. The molecule has 2 aromatic heterocycles. The molecular formula is C26H29FN4O2. The lowest BCUT2D eigenvalue weighted by molar-refractivity contribution is 0.0934. The van der Waals surface area contributed by atoms with E-state index in [0.717, 1.165) is 30.5 Å². The molecule has 0 radical (unpaired) electrons. The number of rotatable bonds is 10. The molecule has 0 aliphatic heterocycles. The van der Waals surface area contributed by atoms with Crippen LogP contribution in [0.1, 0.15) is 47.8 Å². The Hall–Kier alpha value is -3.45. The summed E-state index contributed by atoms with van der Waals surface area (Å²) in [7, 11) is 0. The molecule has 0 unspecified atom stereocenters. The number of aromatic nitrogens is 2. The largest absolute Gasteiger partial charge is 0.447 e. The van der Waals surface area contributed by atoms with Gasteiger partial charge in [-0.2, -0.15) is 0 Å². The molecule has 0 saturated heterocycles. The fraction of sp³-hybridized carbons (Fsp3) is 0.308. The first-order chi connectivity index (χ1) is 16.0. The van der Waals surface area contributed by atoms with E-state index in [-0.39, 0.29) is 23.5 Å². The van der Waals surface area contributed by atoms with Crippen LogP contribution in [0.15, 0.2) is 65.4 Å². The maximum atomic E-state index is 13.8. The van der Waals surface area contributed by atoms with Gasteiger partial charge >= 0.3 is 0 Å². The predicted molar refractivity (Wildman–Crippen MR) is 126 cm³/mol. The van der Waals surface area contributed by atoms with E-state index in [1.807, 2.05) is 38.2 Å². The fourth-order valence-corrected chi connectivity index (χ4v) is 3.80. The van der Waals surface area contributed by atoms with Crippen LogP contribution >= 0.6 is 0 Å². The first-order valence-electron chi connectivity index (χ1n) is 11.3. The second kappa shape index (κ2) is 10.4. The van der Waals surface area contributed by atoms with Crippen molar-refractivity contribution in [2.45, 2.75) is 45.8 Å². The first-order valence-corrected chi connectivity index (χ1v) is 11.3. The van der Waals surface area contributed by atoms with Gasteiger partial charge in [-0.1, -0.05) is 37.3 Å². The summed E-state index contributed by atoms with van der Waals surface area (Å²) in [6.07, 6.45) is 5.08. The molecule has 0 spiro atoms. The van der Waals surface area contributed by atoms with E-state index in [4.69, 9.17) is 4.42 Å². The van der Waals surface area contributed by atoms with Crippen LogP contribution < -0.4 is 5.32 Å². The van der Waals surface area contributed by atoms with Crippen LogP contribution in [0.5, 0.6) is 0 Å². The average Bonchev–Trinajstić information content (AvgIpc) is 3.44. The minimum absolute atomic E-state index is 0.0679. The number of fused-ring (bicyclic) bond motifs is 1. The quantitative estimate of drug-likeness (QED) is 0.355. The van der Waals surface area contributed by atoms with Crippen LogP contribution in [0.25, 0.3) is 10.9 Å². The number of carbonyl (C=O) groups excluding carboxylic acids is 1. The SMILES string of the molecule is CC[C@H](C)NC(=O)c1coc(CN(CCc2c[nH]c3ccccc23)Cc2cccc(F)c2)n1. The number of para-hydroxylation sites is 1. The number of carbonyl (C=O) groups is 1. The van der Waals surface area contributed by atoms with Gasteiger partial charge in [-0.05, 0) is 49.1 Å². The number of hydrogen-bond acceptors (Lipinski definition) is 4. The Balaban J connectivity index is 1.48. The van der Waals surface area contributed by atoms with E-state index in [1.54, 1.807) is 12.1 Å². The molecule has 0 saturated carbocycles. The molecule has 0 bridgehead atoms. The Morgan fingerprint density at radius 2 is 2.06 bits per heavy atom. The highest BCUT2D eigenvalue weighted by Crippen LogP contribution is 2.19. The lowest BCUT2D eigenvalue weighted by Crippen LogP contribution is -2.32. The van der Waals surface area contributed by atoms with E-state index < -0.39 is 0 Å². The van der Waals surface area contributed by atoms with E-state index in [0.29, 0.717) is 19.0 Å². The number of H-pyrrole nitrogens is 1. The van der Waals surface area contributed by atoms with Crippen molar-refractivity contribution in [3.63, 3.8) is 0 Å². The molecule has 4 aromatic rings. The summed E-state index contributed by atoms with van der Waals surface area (Å²) in [6, 6.07) is 14.9. The Morgan fingerprint density at radius 1 is 1.21 bits per heavy atom. The molecule has 172 valence electrons. The zero-order valence-electron chi connectivity index (χ0n) is 19.0. The summed E-state index contributed by atoms with van der Waals surface area (Å²) in [5.41, 5.74) is 3.47. The van der Waals surface area contributed by atoms with Crippen LogP contribution in [0.3, 0.4) is 0 Å². The molecule has 2 aromatic carbocycles. The molecule has 2 N–H and O–H groups in total. The highest BCUT2D eigenvalue weighted by molar-refractivity contribution is 5.92. The van der Waals surface area contributed by atoms with E-state index in [9.17, 15) is 9.18 Å². The summed E-state index contributed by atoms with van der Waals surface area (Å²) in [6.45, 7) is 5.63. The molecule has 2 heterocycles. The number of oxazole rings is 1. The molecule has 0 aliphatic carbocycles. The molecule has 0 aliphatic rings. The smallest absolute Gasteiger partial charge is 0.273 e. The van der Waals surface area contributed by atoms with Gasteiger partial charge in [0.2, 0.25) is 5.89 Å². The summed E-state index contributed by atoms with van der Waals surface area (Å²) >= 11 is 0. The highest BCUT2D eigenvalue weighted by atomic mass is 19.1. The van der Waals surface area contributed by atoms with E-state index >= 15 is 0 Å². The number of halogens is 1. The van der Waals surface area contributed by atoms with Crippen molar-refractivity contribution in [3.8, 4) is 0 Å². The molecule has 7 heteroatoms. The van der Waals surface area contributed by atoms with Crippen LogP contribution in [0.4, 0.5) is 4.39 Å². The highest BCUT2D eigenvalue weighted by Gasteiger charge is 2.17. The second-order valence-electron chi connectivity index (χ2n) is 8.36. The van der Waals surface area contributed by atoms with Crippen molar-refractivity contribution in [2.75, 3.05) is 6.54 Å². The normalized spacial score (nSPS) is 12.4. The second-order valence-corrected chi connectivity index (χ2v) is 8.36. The maximum absolute atomic E-state index is 13.8. The van der Waals surface area contributed by atoms with Crippen molar-refractivity contribution < 1.29 is 13.6 Å². The van der Waals surface area contributed by atoms with Crippen molar-refractivity contribution in [1.82, 2.24) is 20.2 Å². The van der Waals surface area contributed by atoms with Gasteiger partial charge in [0.15, 0.2) is 5.69 Å². The Morgan fingerprint density at radius 3 is 2.88 bits per heavy atom. The minimum atomic E-state index is -0.260. The average molecular weight is 449 g/mol. The van der Waals surface area contributed by atoms with Gasteiger partial charge in [0, 0.05) is 36.2 Å². The van der Waals surface area contributed by atoms with Crippen LogP contribution in [-0.2, 0) is 19.5 Å². The molecule has 0 fully saturated rings. The number of hydrogen-bond donors (Lipinski definition) is 2. The summed E-state index contributed by atoms with van der Waals surface area (Å²) in [5.74, 6) is -0.0429. The third-order valence-electron chi connectivity index (χ3n) is 5.80. The molecule has 4 rings (SSSR count). The first kappa shape index (κ1) is 22.7. The topological polar surface area (TPSA) is 74.2 Å². The van der Waals surface area contributed by atoms with Gasteiger partial charge in [-0.25, -0.2) is 9.37 Å². The van der Waals surface area contributed by atoms with E-state index in [1.165, 1.54) is 23.3 Å². The number of nitrogens with one attached hydrogen (secondary N) is 2. The van der Waals surface area contributed by atoms with Crippen molar-refractivity contribution in [3.05, 3.63) is 89.5 Å². The van der Waals surface area contributed by atoms with Crippen molar-refractivity contribution in [1.29, 1.82) is 0 Å². The number of aromatic amines is 1. The predicted octanol–water partition coefficient (Wildman–Crippen LogP) is 5.07. The van der Waals surface area contributed by atoms with Crippen LogP contribution in [0.2, 0.25) is 0 Å². The Labute approximate surface area is 192 Å². The van der Waals surface area contributed by atoms with Crippen LogP contribution in [0, 0.1) is 5.82 Å².